The van der Waals surface area contributed by atoms with E-state index in [1.54, 1.807) is 0 Å². The Bertz CT molecular complexity index is 532. The lowest BCUT2D eigenvalue weighted by atomic mass is 9.86. The highest BCUT2D eigenvalue weighted by Crippen LogP contribution is 2.31. The summed E-state index contributed by atoms with van der Waals surface area (Å²) in [4.78, 5) is 14.3. The first kappa shape index (κ1) is 20.8. The molecule has 4 nitrogen and oxygen atoms in total. The Balaban J connectivity index is 0.00000288. The van der Waals surface area contributed by atoms with Gasteiger partial charge in [-0.2, -0.15) is 0 Å². The summed E-state index contributed by atoms with van der Waals surface area (Å²) >= 11 is 0. The van der Waals surface area contributed by atoms with Gasteiger partial charge in [-0.3, -0.25) is 4.79 Å². The van der Waals surface area contributed by atoms with E-state index >= 15 is 0 Å². The van der Waals surface area contributed by atoms with Gasteiger partial charge < -0.3 is 15.4 Å². The molecule has 1 fully saturated rings. The molecule has 2 rings (SSSR count). The number of ether oxygens (including phenoxy) is 1. The second-order valence-electron chi connectivity index (χ2n) is 7.61. The number of amides is 1. The number of hydrogen-bond acceptors (Lipinski definition) is 3. The smallest absolute Gasteiger partial charge is 0.260 e. The number of carbonyl (C=O) groups excluding carboxylic acids is 1. The molecule has 0 spiro atoms. The third kappa shape index (κ3) is 5.38. The summed E-state index contributed by atoms with van der Waals surface area (Å²) in [6.45, 7) is 10.2. The summed E-state index contributed by atoms with van der Waals surface area (Å²) in [5, 5.41) is 0. The van der Waals surface area contributed by atoms with E-state index in [0.29, 0.717) is 5.92 Å². The molecule has 1 saturated heterocycles. The van der Waals surface area contributed by atoms with Crippen LogP contribution >= 0.6 is 12.4 Å². The molecule has 1 aromatic carbocycles. The first-order chi connectivity index (χ1) is 10.8. The number of rotatable bonds is 4. The van der Waals surface area contributed by atoms with Crippen LogP contribution in [0.5, 0.6) is 5.75 Å². The lowest BCUT2D eigenvalue weighted by molar-refractivity contribution is -0.134. The first-order valence-electron chi connectivity index (χ1n) is 8.54. The Kier molecular flexibility index (Phi) is 7.56. The standard InChI is InChI=1S/C19H30N2O2.ClH/c1-14(20)15-9-11-21(12-10-15)18(22)13-23-17-8-6-5-7-16(17)19(2,3)4;/h5-8,14-15H,9-13,20H2,1-4H3;1H. The fourth-order valence-corrected chi connectivity index (χ4v) is 3.12. The van der Waals surface area contributed by atoms with Crippen LogP contribution in [0.2, 0.25) is 0 Å². The Morgan fingerprint density at radius 3 is 2.42 bits per heavy atom. The first-order valence-corrected chi connectivity index (χ1v) is 8.54. The van der Waals surface area contributed by atoms with Crippen LogP contribution in [0.25, 0.3) is 0 Å². The van der Waals surface area contributed by atoms with E-state index in [1.165, 1.54) is 0 Å². The third-order valence-electron chi connectivity index (χ3n) is 4.68. The Hall–Kier alpha value is -1.26. The molecule has 5 heteroatoms. The molecule has 0 radical (unpaired) electrons. The van der Waals surface area contributed by atoms with Crippen molar-refractivity contribution in [2.75, 3.05) is 19.7 Å². The largest absolute Gasteiger partial charge is 0.483 e. The molecular weight excluding hydrogens is 324 g/mol. The van der Waals surface area contributed by atoms with Crippen molar-refractivity contribution < 1.29 is 9.53 Å². The molecule has 0 aliphatic carbocycles. The Morgan fingerprint density at radius 2 is 1.88 bits per heavy atom. The molecule has 2 N–H and O–H groups in total. The van der Waals surface area contributed by atoms with Crippen LogP contribution in [-0.2, 0) is 10.2 Å². The van der Waals surface area contributed by atoms with Crippen molar-refractivity contribution in [3.8, 4) is 5.75 Å². The molecular formula is C19H31ClN2O2. The zero-order valence-corrected chi connectivity index (χ0v) is 16.1. The van der Waals surface area contributed by atoms with Gasteiger partial charge in [0.2, 0.25) is 0 Å². The normalized spacial score (nSPS) is 17.1. The van der Waals surface area contributed by atoms with Crippen LogP contribution < -0.4 is 10.5 Å². The van der Waals surface area contributed by atoms with Gasteiger partial charge in [-0.15, -0.1) is 12.4 Å². The van der Waals surface area contributed by atoms with Crippen molar-refractivity contribution in [2.45, 2.75) is 52.0 Å². The Labute approximate surface area is 152 Å². The summed E-state index contributed by atoms with van der Waals surface area (Å²) in [6.07, 6.45) is 1.98. The predicted molar refractivity (Wildman–Crippen MR) is 101 cm³/mol. The van der Waals surface area contributed by atoms with Gasteiger partial charge in [0.15, 0.2) is 6.61 Å². The quantitative estimate of drug-likeness (QED) is 0.901. The molecule has 1 aromatic rings. The molecule has 1 atom stereocenters. The van der Waals surface area contributed by atoms with E-state index in [0.717, 1.165) is 37.2 Å². The molecule has 1 unspecified atom stereocenters. The van der Waals surface area contributed by atoms with Crippen LogP contribution in [0, 0.1) is 5.92 Å². The maximum atomic E-state index is 12.4. The van der Waals surface area contributed by atoms with Crippen LogP contribution in [0.3, 0.4) is 0 Å². The SMILES string of the molecule is CC(N)C1CCN(C(=O)COc2ccccc2C(C)(C)C)CC1.Cl. The minimum absolute atomic E-state index is 0. The third-order valence-corrected chi connectivity index (χ3v) is 4.68. The summed E-state index contributed by atoms with van der Waals surface area (Å²) < 4.78 is 5.84. The van der Waals surface area contributed by atoms with E-state index < -0.39 is 0 Å². The zero-order chi connectivity index (χ0) is 17.0. The Morgan fingerprint density at radius 1 is 1.29 bits per heavy atom. The van der Waals surface area contributed by atoms with Crippen molar-refractivity contribution >= 4 is 18.3 Å². The van der Waals surface area contributed by atoms with Gasteiger partial charge in [0, 0.05) is 19.1 Å². The lowest BCUT2D eigenvalue weighted by Crippen LogP contribution is -2.44. The van der Waals surface area contributed by atoms with Crippen molar-refractivity contribution in [1.82, 2.24) is 4.90 Å². The van der Waals surface area contributed by atoms with Gasteiger partial charge >= 0.3 is 0 Å². The zero-order valence-electron chi connectivity index (χ0n) is 15.2. The number of carbonyl (C=O) groups is 1. The molecule has 24 heavy (non-hydrogen) atoms. The molecule has 136 valence electrons. The van der Waals surface area contributed by atoms with Crippen LogP contribution in [-0.4, -0.2) is 36.5 Å². The van der Waals surface area contributed by atoms with E-state index in [-0.39, 0.29) is 36.4 Å². The average Bonchev–Trinajstić information content (AvgIpc) is 2.52. The number of hydrogen-bond donors (Lipinski definition) is 1. The summed E-state index contributed by atoms with van der Waals surface area (Å²) in [7, 11) is 0. The minimum Gasteiger partial charge on any atom is -0.483 e. The number of likely N-dealkylation sites (tertiary alicyclic amines) is 1. The molecule has 1 aliphatic rings. The number of benzene rings is 1. The molecule has 1 heterocycles. The maximum absolute atomic E-state index is 12.4. The topological polar surface area (TPSA) is 55.6 Å². The monoisotopic (exact) mass is 354 g/mol. The number of piperidine rings is 1. The fourth-order valence-electron chi connectivity index (χ4n) is 3.12. The number of halogens is 1. The summed E-state index contributed by atoms with van der Waals surface area (Å²) in [6, 6.07) is 8.17. The van der Waals surface area contributed by atoms with Crippen molar-refractivity contribution in [3.63, 3.8) is 0 Å². The second kappa shape index (κ2) is 8.72. The predicted octanol–water partition coefficient (Wildman–Crippen LogP) is 3.37. The highest BCUT2D eigenvalue weighted by atomic mass is 35.5. The number of nitrogens with two attached hydrogens (primary N) is 1. The van der Waals surface area contributed by atoms with E-state index in [1.807, 2.05) is 23.1 Å². The fraction of sp³-hybridized carbons (Fsp3) is 0.632. The van der Waals surface area contributed by atoms with Crippen LogP contribution in [0.4, 0.5) is 0 Å². The van der Waals surface area contributed by atoms with Crippen molar-refractivity contribution in [2.24, 2.45) is 11.7 Å². The lowest BCUT2D eigenvalue weighted by Gasteiger charge is -2.33. The molecule has 0 saturated carbocycles. The van der Waals surface area contributed by atoms with Gasteiger partial charge in [-0.1, -0.05) is 39.0 Å². The number of para-hydroxylation sites is 1. The minimum atomic E-state index is -0.00471. The molecule has 1 aliphatic heterocycles. The van der Waals surface area contributed by atoms with E-state index in [2.05, 4.69) is 33.8 Å². The molecule has 0 bridgehead atoms. The van der Waals surface area contributed by atoms with E-state index in [9.17, 15) is 4.79 Å². The molecule has 1 amide bonds. The average molecular weight is 355 g/mol. The maximum Gasteiger partial charge on any atom is 0.260 e. The highest BCUT2D eigenvalue weighted by Gasteiger charge is 2.25. The van der Waals surface area contributed by atoms with E-state index in [4.69, 9.17) is 10.5 Å². The van der Waals surface area contributed by atoms with Gasteiger partial charge in [0.05, 0.1) is 0 Å². The van der Waals surface area contributed by atoms with Crippen LogP contribution in [0.1, 0.15) is 46.1 Å². The number of nitrogens with zero attached hydrogens (tertiary/aromatic N) is 1. The molecule has 0 aromatic heterocycles. The highest BCUT2D eigenvalue weighted by molar-refractivity contribution is 5.85. The van der Waals surface area contributed by atoms with Gasteiger partial charge in [-0.25, -0.2) is 0 Å². The van der Waals surface area contributed by atoms with Crippen molar-refractivity contribution in [1.29, 1.82) is 0 Å². The van der Waals surface area contributed by atoms with Crippen LogP contribution in [0.15, 0.2) is 24.3 Å². The van der Waals surface area contributed by atoms with Crippen molar-refractivity contribution in [3.05, 3.63) is 29.8 Å². The second-order valence-corrected chi connectivity index (χ2v) is 7.61. The van der Waals surface area contributed by atoms with Gasteiger partial charge in [0.25, 0.3) is 5.91 Å². The van der Waals surface area contributed by atoms with Gasteiger partial charge in [0.1, 0.15) is 5.75 Å². The summed E-state index contributed by atoms with van der Waals surface area (Å²) in [5.41, 5.74) is 7.08. The van der Waals surface area contributed by atoms with Gasteiger partial charge in [-0.05, 0) is 42.7 Å². The summed E-state index contributed by atoms with van der Waals surface area (Å²) in [5.74, 6) is 1.40.